The molecular weight excluding hydrogens is 912 g/mol. The van der Waals surface area contributed by atoms with Gasteiger partial charge in [0.1, 0.15) is 42.8 Å². The number of amides is 1. The van der Waals surface area contributed by atoms with Crippen LogP contribution >= 0.6 is 0 Å². The number of benzene rings is 1. The number of rotatable bonds is 14. The van der Waals surface area contributed by atoms with Gasteiger partial charge < -0.3 is 80.9 Å². The third-order valence-corrected chi connectivity index (χ3v) is 15.5. The third kappa shape index (κ3) is 14.1. The van der Waals surface area contributed by atoms with Crippen LogP contribution < -0.4 is 16.8 Å². The minimum Gasteiger partial charge on any atom is -0.459 e. The Hall–Kier alpha value is -3.12. The highest BCUT2D eigenvalue weighted by atomic mass is 19.1. The minimum absolute atomic E-state index is 0.109. The number of cyclic esters (lactones) is 1. The largest absolute Gasteiger partial charge is 0.459 e. The molecule has 3 aliphatic heterocycles. The lowest BCUT2D eigenvalue weighted by molar-refractivity contribution is -0.302. The normalized spacial score (nSPS) is 40.6. The second-order valence-corrected chi connectivity index (χ2v) is 21.4. The number of guanidine groups is 1. The van der Waals surface area contributed by atoms with E-state index >= 15 is 0 Å². The Morgan fingerprint density at radius 3 is 2.23 bits per heavy atom. The number of alkyl halides is 1. The lowest BCUT2D eigenvalue weighted by Crippen LogP contribution is -2.62. The van der Waals surface area contributed by atoms with Gasteiger partial charge in [0.2, 0.25) is 5.91 Å². The molecule has 20 heteroatoms. The number of carbonyl (C=O) groups is 2. The van der Waals surface area contributed by atoms with Gasteiger partial charge in [-0.15, -0.1) is 0 Å². The number of halogens is 1. The lowest BCUT2D eigenvalue weighted by Gasteiger charge is -2.51. The van der Waals surface area contributed by atoms with E-state index in [-0.39, 0.29) is 44.1 Å². The number of nitrogens with one attached hydrogen (secondary N) is 1. The molecule has 11 N–H and O–H groups in total. The van der Waals surface area contributed by atoms with E-state index < -0.39 is 132 Å². The number of likely N-dealkylation sites (N-methyl/N-ethyl adjacent to an activating group) is 2. The predicted molar refractivity (Wildman–Crippen MR) is 261 cm³/mol. The standard InChI is InChI=1S/C50H87FN6O13/c1-14-37-50(10,65)42(61)30(6)57(12)25-26(2)22-48(8,64)44(28(4)39(29(5)45(63)69-37)36-23-49(9,66-13)43(62)31(7)68-36)70-46-41(60)35(21-27(3)67-46)56(11)20-19-38(58)55-34(24-51)40(59)32-15-17-33(18-16-32)54-47(52)53/h15-18,26-31,34-37,39-44,46,59-62,64-65H,14,19-25H2,1-13H3,(H,55,58)(H4,52,53,54)/t26-,27-,28+,29-,30-,31+,34-,35+,36-,37-,39?,40-,41-,42-,43+,44-,46+,48-,49-,50-/m1/s1. The van der Waals surface area contributed by atoms with Crippen molar-refractivity contribution in [3.05, 3.63) is 29.8 Å². The average Bonchev–Trinajstić information content (AvgIpc) is 3.29. The van der Waals surface area contributed by atoms with Crippen molar-refractivity contribution in [3.63, 3.8) is 0 Å². The Bertz CT molecular complexity index is 1860. The zero-order valence-electron chi connectivity index (χ0n) is 43.7. The highest BCUT2D eigenvalue weighted by molar-refractivity contribution is 5.79. The van der Waals surface area contributed by atoms with Crippen molar-refractivity contribution in [2.45, 2.75) is 197 Å². The number of aliphatic hydroxyl groups excluding tert-OH is 4. The fourth-order valence-corrected chi connectivity index (χ4v) is 11.3. The molecule has 0 spiro atoms. The van der Waals surface area contributed by atoms with Gasteiger partial charge in [-0.2, -0.15) is 0 Å². The van der Waals surface area contributed by atoms with E-state index in [2.05, 4.69) is 10.3 Å². The summed E-state index contributed by atoms with van der Waals surface area (Å²) >= 11 is 0. The summed E-state index contributed by atoms with van der Waals surface area (Å²) in [6.07, 6.45) is -9.88. The summed E-state index contributed by atoms with van der Waals surface area (Å²) in [6.45, 7) is 16.9. The van der Waals surface area contributed by atoms with E-state index in [1.54, 1.807) is 65.6 Å². The maximum Gasteiger partial charge on any atom is 0.309 e. The van der Waals surface area contributed by atoms with Gasteiger partial charge in [0.15, 0.2) is 12.2 Å². The molecule has 3 aliphatic rings. The smallest absolute Gasteiger partial charge is 0.309 e. The number of aliphatic imine (C=N–C) groups is 1. The van der Waals surface area contributed by atoms with Gasteiger partial charge in [-0.05, 0) is 104 Å². The molecule has 70 heavy (non-hydrogen) atoms. The Balaban J connectivity index is 1.67. The molecule has 1 aromatic rings. The van der Waals surface area contributed by atoms with E-state index in [9.17, 15) is 44.6 Å². The first-order valence-electron chi connectivity index (χ1n) is 24.9. The van der Waals surface area contributed by atoms with Gasteiger partial charge >= 0.3 is 5.97 Å². The molecule has 0 radical (unpaired) electrons. The molecule has 0 aliphatic carbocycles. The molecule has 1 unspecified atom stereocenters. The number of hydrogen-bond donors (Lipinski definition) is 9. The monoisotopic (exact) mass is 999 g/mol. The summed E-state index contributed by atoms with van der Waals surface area (Å²) in [5.74, 6) is -4.12. The van der Waals surface area contributed by atoms with E-state index in [0.29, 0.717) is 24.2 Å². The Morgan fingerprint density at radius 1 is 1.03 bits per heavy atom. The van der Waals surface area contributed by atoms with Crippen molar-refractivity contribution in [3.8, 4) is 0 Å². The minimum atomic E-state index is -1.85. The number of ether oxygens (including phenoxy) is 5. The number of methoxy groups -OCH3 is 1. The van der Waals surface area contributed by atoms with E-state index in [1.165, 1.54) is 26.2 Å². The van der Waals surface area contributed by atoms with Crippen LogP contribution in [0.4, 0.5) is 10.1 Å². The van der Waals surface area contributed by atoms with Gasteiger partial charge in [0.25, 0.3) is 0 Å². The fraction of sp³-hybridized carbons (Fsp3) is 0.820. The number of nitrogens with two attached hydrogens (primary N) is 2. The SMILES string of the molecule is CC[C@H]1OC(=O)[C@H](C)C([C@H]2C[C@@](C)(OC)[C@@H](O)[C@H](C)O2)[C@H](C)[C@@H](O[C@@H]2O[C@H](C)C[C@H](N(C)CCC(=O)N[C@H](CF)[C@H](O)c3ccc(N=C(N)N)cc3)[C@H]2O)[C@](C)(O)C[C@@H](C)CN(C)[C@H](C)[C@@H](O)[C@]1(C)O. The molecule has 3 heterocycles. The topological polar surface area (TPSA) is 285 Å². The molecule has 0 saturated carbocycles. The van der Waals surface area contributed by atoms with Gasteiger partial charge in [0.05, 0.1) is 53.3 Å². The second kappa shape index (κ2) is 24.7. The van der Waals surface area contributed by atoms with E-state index in [4.69, 9.17) is 35.2 Å². The molecule has 3 saturated heterocycles. The molecule has 20 atom stereocenters. The zero-order valence-corrected chi connectivity index (χ0v) is 43.7. The van der Waals surface area contributed by atoms with Gasteiger partial charge in [-0.25, -0.2) is 9.38 Å². The maximum atomic E-state index is 14.6. The number of nitrogens with zero attached hydrogens (tertiary/aromatic N) is 3. The number of carbonyl (C=O) groups excluding carboxylic acids is 2. The first kappa shape index (κ1) is 59.4. The Labute approximate surface area is 414 Å². The fourth-order valence-electron chi connectivity index (χ4n) is 11.3. The molecule has 1 aromatic carbocycles. The number of aliphatic hydroxyl groups is 6. The van der Waals surface area contributed by atoms with Crippen LogP contribution in [0.2, 0.25) is 0 Å². The summed E-state index contributed by atoms with van der Waals surface area (Å²) in [4.78, 5) is 35.5. The number of hydrogen-bond acceptors (Lipinski definition) is 16. The predicted octanol–water partition coefficient (Wildman–Crippen LogP) is 2.03. The van der Waals surface area contributed by atoms with Crippen LogP contribution in [0, 0.1) is 23.7 Å². The summed E-state index contributed by atoms with van der Waals surface area (Å²) in [5.41, 5.74) is 7.05. The van der Waals surface area contributed by atoms with Crippen molar-refractivity contribution in [1.82, 2.24) is 15.1 Å². The van der Waals surface area contributed by atoms with Crippen LogP contribution in [0.15, 0.2) is 29.3 Å². The van der Waals surface area contributed by atoms with Crippen molar-refractivity contribution in [2.24, 2.45) is 40.1 Å². The molecule has 402 valence electrons. The molecule has 0 aromatic heterocycles. The molecule has 1 amide bonds. The average molecular weight is 999 g/mol. The lowest BCUT2D eigenvalue weighted by atomic mass is 9.68. The first-order valence-corrected chi connectivity index (χ1v) is 24.9. The highest BCUT2D eigenvalue weighted by Crippen LogP contribution is 2.45. The third-order valence-electron chi connectivity index (χ3n) is 15.5. The summed E-state index contributed by atoms with van der Waals surface area (Å²) < 4.78 is 46.2. The first-order chi connectivity index (χ1) is 32.5. The van der Waals surface area contributed by atoms with Crippen LogP contribution in [0.3, 0.4) is 0 Å². The highest BCUT2D eigenvalue weighted by Gasteiger charge is 2.55. The quantitative estimate of drug-likeness (QED) is 0.0732. The van der Waals surface area contributed by atoms with Crippen LogP contribution in [0.5, 0.6) is 0 Å². The van der Waals surface area contributed by atoms with Crippen LogP contribution in [0.1, 0.15) is 113 Å². The molecule has 4 rings (SSSR count). The molecule has 3 fully saturated rings. The molecule has 0 bridgehead atoms. The van der Waals surface area contributed by atoms with Gasteiger partial charge in [0, 0.05) is 51.0 Å². The second-order valence-electron chi connectivity index (χ2n) is 21.4. The summed E-state index contributed by atoms with van der Waals surface area (Å²) in [5, 5.41) is 73.4. The van der Waals surface area contributed by atoms with Crippen LogP contribution in [-0.4, -0.2) is 189 Å². The van der Waals surface area contributed by atoms with Crippen molar-refractivity contribution in [1.29, 1.82) is 0 Å². The van der Waals surface area contributed by atoms with Crippen LogP contribution in [-0.2, 0) is 33.3 Å². The van der Waals surface area contributed by atoms with Gasteiger partial charge in [-0.1, -0.05) is 39.8 Å². The van der Waals surface area contributed by atoms with Crippen molar-refractivity contribution in [2.75, 3.05) is 41.0 Å². The zero-order chi connectivity index (χ0) is 52.8. The van der Waals surface area contributed by atoms with E-state index in [1.807, 2.05) is 32.7 Å². The number of esters is 1. The Morgan fingerprint density at radius 2 is 1.66 bits per heavy atom. The summed E-state index contributed by atoms with van der Waals surface area (Å²) in [7, 11) is 5.05. The van der Waals surface area contributed by atoms with E-state index in [0.717, 1.165) is 0 Å². The summed E-state index contributed by atoms with van der Waals surface area (Å²) in [6, 6.07) is 3.71. The van der Waals surface area contributed by atoms with Crippen molar-refractivity contribution >= 4 is 23.5 Å². The van der Waals surface area contributed by atoms with Crippen LogP contribution in [0.25, 0.3) is 0 Å². The molecular formula is C50H87FN6O13. The van der Waals surface area contributed by atoms with Gasteiger partial charge in [-0.3, -0.25) is 9.59 Å². The van der Waals surface area contributed by atoms with Crippen molar-refractivity contribution < 1.29 is 68.3 Å². The Kier molecular flexibility index (Phi) is 21.0. The maximum absolute atomic E-state index is 14.6. The molecule has 19 nitrogen and oxygen atoms in total.